The van der Waals surface area contributed by atoms with E-state index < -0.39 is 0 Å². The highest BCUT2D eigenvalue weighted by Gasteiger charge is 2.38. The number of aromatic hydroxyl groups is 1. The lowest BCUT2D eigenvalue weighted by Crippen LogP contribution is -1.83. The molecule has 0 radical (unpaired) electrons. The van der Waals surface area contributed by atoms with Crippen LogP contribution in [0.25, 0.3) is 10.8 Å². The first-order valence-electron chi connectivity index (χ1n) is 4.86. The van der Waals surface area contributed by atoms with Gasteiger partial charge >= 0.3 is 0 Å². The van der Waals surface area contributed by atoms with Gasteiger partial charge in [-0.1, -0.05) is 12.1 Å². The van der Waals surface area contributed by atoms with Gasteiger partial charge in [0.25, 0.3) is 5.89 Å². The van der Waals surface area contributed by atoms with Crippen molar-refractivity contribution in [1.29, 1.82) is 0 Å². The van der Waals surface area contributed by atoms with Gasteiger partial charge in [0.15, 0.2) is 5.82 Å². The third kappa shape index (κ3) is 1.43. The van der Waals surface area contributed by atoms with Crippen molar-refractivity contribution in [2.75, 3.05) is 0 Å². The van der Waals surface area contributed by atoms with Crippen molar-refractivity contribution in [3.8, 4) is 16.5 Å². The smallest absolute Gasteiger partial charge is 0.271 e. The largest absolute Gasteiger partial charge is 0.506 e. The molecule has 0 aliphatic heterocycles. The maximum Gasteiger partial charge on any atom is 0.271 e. The molecule has 15 heavy (non-hydrogen) atoms. The predicted octanol–water partition coefficient (Wildman–Crippen LogP) is 2.63. The molecule has 4 nitrogen and oxygen atoms in total. The van der Waals surface area contributed by atoms with Gasteiger partial charge in [0, 0.05) is 5.92 Å². The molecular weight excluding hydrogens is 212 g/mol. The van der Waals surface area contributed by atoms with E-state index in [1.165, 1.54) is 11.3 Å². The first kappa shape index (κ1) is 8.91. The highest BCUT2D eigenvalue weighted by Crippen LogP contribution is 2.46. The van der Waals surface area contributed by atoms with Crippen LogP contribution in [0.5, 0.6) is 5.75 Å². The van der Waals surface area contributed by atoms with Crippen LogP contribution in [0.15, 0.2) is 16.0 Å². The minimum Gasteiger partial charge on any atom is -0.506 e. The van der Waals surface area contributed by atoms with E-state index in [0.717, 1.165) is 12.2 Å². The van der Waals surface area contributed by atoms with Crippen LogP contribution in [-0.4, -0.2) is 15.2 Å². The van der Waals surface area contributed by atoms with E-state index in [-0.39, 0.29) is 5.75 Å². The van der Waals surface area contributed by atoms with Crippen LogP contribution in [0.4, 0.5) is 0 Å². The molecule has 3 rings (SSSR count). The Bertz CT molecular complexity index is 491. The molecule has 1 saturated carbocycles. The molecule has 1 aliphatic carbocycles. The van der Waals surface area contributed by atoms with Gasteiger partial charge < -0.3 is 9.63 Å². The number of aromatic nitrogens is 2. The van der Waals surface area contributed by atoms with Crippen molar-refractivity contribution < 1.29 is 9.63 Å². The first-order chi connectivity index (χ1) is 7.25. The van der Waals surface area contributed by atoms with Crippen molar-refractivity contribution in [1.82, 2.24) is 10.1 Å². The average molecular weight is 222 g/mol. The van der Waals surface area contributed by atoms with Crippen LogP contribution in [-0.2, 0) is 0 Å². The molecule has 0 aromatic carbocycles. The molecule has 2 heterocycles. The number of thiophene rings is 1. The Balaban J connectivity index is 1.94. The van der Waals surface area contributed by atoms with Crippen molar-refractivity contribution in [2.24, 2.45) is 5.92 Å². The molecule has 2 aromatic heterocycles. The minimum atomic E-state index is 0.207. The van der Waals surface area contributed by atoms with Crippen molar-refractivity contribution in [3.63, 3.8) is 0 Å². The van der Waals surface area contributed by atoms with Gasteiger partial charge in [-0.05, 0) is 23.8 Å². The van der Waals surface area contributed by atoms with Crippen LogP contribution in [0.3, 0.4) is 0 Å². The Kier molecular flexibility index (Phi) is 1.82. The summed E-state index contributed by atoms with van der Waals surface area (Å²) in [7, 11) is 0. The Hall–Kier alpha value is -1.36. The van der Waals surface area contributed by atoms with Crippen molar-refractivity contribution in [3.05, 3.63) is 17.3 Å². The molecule has 1 aliphatic rings. The van der Waals surface area contributed by atoms with Crippen LogP contribution in [0.1, 0.15) is 25.1 Å². The maximum atomic E-state index is 9.50. The Morgan fingerprint density at radius 1 is 1.60 bits per heavy atom. The SMILES string of the molecule is CC1CC1c1noc(-c2sccc2O)n1. The summed E-state index contributed by atoms with van der Waals surface area (Å²) < 4.78 is 5.13. The summed E-state index contributed by atoms with van der Waals surface area (Å²) in [5.74, 6) is 2.51. The first-order valence-corrected chi connectivity index (χ1v) is 5.74. The molecule has 2 aromatic rings. The van der Waals surface area contributed by atoms with Gasteiger partial charge in [0.1, 0.15) is 10.6 Å². The monoisotopic (exact) mass is 222 g/mol. The lowest BCUT2D eigenvalue weighted by Gasteiger charge is -1.88. The standard InChI is InChI=1S/C10H10N2O2S/c1-5-4-6(5)9-11-10(14-12-9)8-7(13)2-3-15-8/h2-3,5-6,13H,4H2,1H3. The lowest BCUT2D eigenvalue weighted by molar-refractivity contribution is 0.418. The molecule has 78 valence electrons. The normalized spacial score (nSPS) is 24.3. The molecule has 2 unspecified atom stereocenters. The summed E-state index contributed by atoms with van der Waals surface area (Å²) in [6, 6.07) is 1.63. The summed E-state index contributed by atoms with van der Waals surface area (Å²) in [5, 5.41) is 15.2. The van der Waals surface area contributed by atoms with Gasteiger partial charge in [0.2, 0.25) is 0 Å². The third-order valence-electron chi connectivity index (χ3n) is 2.72. The van der Waals surface area contributed by atoms with Crippen molar-refractivity contribution >= 4 is 11.3 Å². The summed E-state index contributed by atoms with van der Waals surface area (Å²) in [6.45, 7) is 2.17. The van der Waals surface area contributed by atoms with Gasteiger partial charge in [-0.2, -0.15) is 4.98 Å². The topological polar surface area (TPSA) is 59.2 Å². The highest BCUT2D eigenvalue weighted by atomic mass is 32.1. The minimum absolute atomic E-state index is 0.207. The van der Waals surface area contributed by atoms with E-state index >= 15 is 0 Å². The molecule has 0 bridgehead atoms. The zero-order valence-corrected chi connectivity index (χ0v) is 8.99. The molecule has 1 fully saturated rings. The van der Waals surface area contributed by atoms with E-state index in [1.807, 2.05) is 0 Å². The molecule has 0 saturated heterocycles. The van der Waals surface area contributed by atoms with Gasteiger partial charge in [0.05, 0.1) is 0 Å². The fourth-order valence-corrected chi connectivity index (χ4v) is 2.33. The average Bonchev–Trinajstić information content (AvgIpc) is 2.69. The number of nitrogens with zero attached hydrogens (tertiary/aromatic N) is 2. The predicted molar refractivity (Wildman–Crippen MR) is 55.8 cm³/mol. The molecule has 0 spiro atoms. The Labute approximate surface area is 90.6 Å². The molecule has 0 amide bonds. The lowest BCUT2D eigenvalue weighted by atomic mass is 10.3. The third-order valence-corrected chi connectivity index (χ3v) is 3.61. The summed E-state index contributed by atoms with van der Waals surface area (Å²) in [4.78, 5) is 4.95. The molecule has 2 atom stereocenters. The second-order valence-corrected chi connectivity index (χ2v) is 4.83. The van der Waals surface area contributed by atoms with Crippen LogP contribution >= 0.6 is 11.3 Å². The van der Waals surface area contributed by atoms with Gasteiger partial charge in [-0.25, -0.2) is 0 Å². The van der Waals surface area contributed by atoms with E-state index in [2.05, 4.69) is 17.1 Å². The van der Waals surface area contributed by atoms with Crippen LogP contribution in [0, 0.1) is 5.92 Å². The second-order valence-electron chi connectivity index (χ2n) is 3.91. The summed E-state index contributed by atoms with van der Waals surface area (Å²) in [6.07, 6.45) is 1.13. The Morgan fingerprint density at radius 2 is 2.40 bits per heavy atom. The summed E-state index contributed by atoms with van der Waals surface area (Å²) >= 11 is 1.40. The van der Waals surface area contributed by atoms with E-state index in [1.54, 1.807) is 11.4 Å². The quantitative estimate of drug-likeness (QED) is 0.848. The van der Waals surface area contributed by atoms with E-state index in [9.17, 15) is 5.11 Å². The maximum absolute atomic E-state index is 9.50. The zero-order valence-electron chi connectivity index (χ0n) is 8.17. The molecule has 5 heteroatoms. The Morgan fingerprint density at radius 3 is 3.00 bits per heavy atom. The molecule has 1 N–H and O–H groups in total. The molecular formula is C10H10N2O2S. The number of hydrogen-bond donors (Lipinski definition) is 1. The van der Waals surface area contributed by atoms with Gasteiger partial charge in [-0.15, -0.1) is 11.3 Å². The zero-order chi connectivity index (χ0) is 10.4. The van der Waals surface area contributed by atoms with Crippen molar-refractivity contribution in [2.45, 2.75) is 19.3 Å². The van der Waals surface area contributed by atoms with Crippen LogP contribution in [0.2, 0.25) is 0 Å². The van der Waals surface area contributed by atoms with Gasteiger partial charge in [-0.3, -0.25) is 0 Å². The number of hydrogen-bond acceptors (Lipinski definition) is 5. The summed E-state index contributed by atoms with van der Waals surface area (Å²) in [5.41, 5.74) is 0. The number of rotatable bonds is 2. The highest BCUT2D eigenvalue weighted by molar-refractivity contribution is 7.13. The van der Waals surface area contributed by atoms with E-state index in [4.69, 9.17) is 4.52 Å². The fourth-order valence-electron chi connectivity index (χ4n) is 1.62. The van der Waals surface area contributed by atoms with Crippen LogP contribution < -0.4 is 0 Å². The van der Waals surface area contributed by atoms with E-state index in [0.29, 0.717) is 22.6 Å². The second kappa shape index (κ2) is 3.06. The fraction of sp³-hybridized carbons (Fsp3) is 0.400.